The maximum absolute atomic E-state index is 13.0. The van der Waals surface area contributed by atoms with E-state index in [9.17, 15) is 19.1 Å². The summed E-state index contributed by atoms with van der Waals surface area (Å²) >= 11 is 0. The number of hydrogen-bond donors (Lipinski definition) is 1. The zero-order chi connectivity index (χ0) is 17.9. The quantitative estimate of drug-likeness (QED) is 0.919. The highest BCUT2D eigenvalue weighted by molar-refractivity contribution is 5.73. The van der Waals surface area contributed by atoms with Crippen molar-refractivity contribution in [3.8, 4) is 0 Å². The minimum absolute atomic E-state index is 0.0911. The van der Waals surface area contributed by atoms with Crippen LogP contribution < -0.4 is 0 Å². The van der Waals surface area contributed by atoms with Crippen molar-refractivity contribution in [3.05, 3.63) is 35.6 Å². The van der Waals surface area contributed by atoms with Crippen LogP contribution in [-0.2, 0) is 16.0 Å². The lowest BCUT2D eigenvalue weighted by Crippen LogP contribution is -2.48. The molecule has 0 saturated carbocycles. The van der Waals surface area contributed by atoms with E-state index < -0.39 is 23.6 Å². The Morgan fingerprint density at radius 3 is 2.46 bits per heavy atom. The molecule has 24 heavy (non-hydrogen) atoms. The molecular formula is C18H24FNO4. The van der Waals surface area contributed by atoms with Crippen LogP contribution in [0.3, 0.4) is 0 Å². The molecule has 1 aliphatic rings. The molecule has 1 saturated heterocycles. The molecule has 6 heteroatoms. The van der Waals surface area contributed by atoms with Crippen molar-refractivity contribution < 1.29 is 23.8 Å². The second-order valence-electron chi connectivity index (χ2n) is 7.25. The fourth-order valence-electron chi connectivity index (χ4n) is 2.94. The van der Waals surface area contributed by atoms with Gasteiger partial charge < -0.3 is 14.7 Å². The van der Waals surface area contributed by atoms with Crippen molar-refractivity contribution >= 4 is 12.1 Å². The summed E-state index contributed by atoms with van der Waals surface area (Å²) in [6, 6.07) is 6.10. The van der Waals surface area contributed by atoms with Gasteiger partial charge in [-0.3, -0.25) is 4.79 Å². The van der Waals surface area contributed by atoms with Crippen LogP contribution in [0.1, 0.15) is 32.8 Å². The van der Waals surface area contributed by atoms with Gasteiger partial charge >= 0.3 is 12.1 Å². The predicted molar refractivity (Wildman–Crippen MR) is 87.1 cm³/mol. The van der Waals surface area contributed by atoms with Crippen LogP contribution in [0.4, 0.5) is 9.18 Å². The molecule has 0 radical (unpaired) electrons. The van der Waals surface area contributed by atoms with Gasteiger partial charge in [0.1, 0.15) is 11.4 Å². The van der Waals surface area contributed by atoms with E-state index in [1.165, 1.54) is 17.0 Å². The maximum Gasteiger partial charge on any atom is 0.410 e. The number of carbonyl (C=O) groups is 2. The third-order valence-corrected chi connectivity index (χ3v) is 4.14. The summed E-state index contributed by atoms with van der Waals surface area (Å²) in [4.78, 5) is 25.2. The number of amides is 1. The number of rotatable bonds is 3. The molecule has 5 nitrogen and oxygen atoms in total. The molecule has 1 amide bonds. The van der Waals surface area contributed by atoms with Gasteiger partial charge in [0.15, 0.2) is 0 Å². The summed E-state index contributed by atoms with van der Waals surface area (Å²) in [6.07, 6.45) is 0.654. The van der Waals surface area contributed by atoms with Crippen molar-refractivity contribution in [2.24, 2.45) is 11.8 Å². The van der Waals surface area contributed by atoms with Crippen LogP contribution >= 0.6 is 0 Å². The number of likely N-dealkylation sites (tertiary alicyclic amines) is 1. The van der Waals surface area contributed by atoms with E-state index in [0.29, 0.717) is 19.4 Å². The Kier molecular flexibility index (Phi) is 5.47. The molecular weight excluding hydrogens is 313 g/mol. The number of aliphatic carboxylic acids is 1. The topological polar surface area (TPSA) is 66.8 Å². The van der Waals surface area contributed by atoms with Gasteiger partial charge in [-0.15, -0.1) is 0 Å². The second kappa shape index (κ2) is 7.20. The molecule has 0 unspecified atom stereocenters. The van der Waals surface area contributed by atoms with Crippen LogP contribution in [0.25, 0.3) is 0 Å². The summed E-state index contributed by atoms with van der Waals surface area (Å²) in [5.74, 6) is -1.98. The minimum atomic E-state index is -0.921. The molecule has 1 aromatic carbocycles. The lowest BCUT2D eigenvalue weighted by molar-refractivity contribution is -0.145. The normalized spacial score (nSPS) is 21.4. The fraction of sp³-hybridized carbons (Fsp3) is 0.556. The Morgan fingerprint density at radius 1 is 1.29 bits per heavy atom. The van der Waals surface area contributed by atoms with Crippen LogP contribution in [0.15, 0.2) is 24.3 Å². The number of ether oxygens (including phenoxy) is 1. The molecule has 1 heterocycles. The largest absolute Gasteiger partial charge is 0.481 e. The standard InChI is InChI=1S/C18H24FNO4/c1-18(2,3)24-17(23)20-9-8-13(15(11-20)16(21)22)10-12-4-6-14(19)7-5-12/h4-7,13,15H,8-11H2,1-3H3,(H,21,22)/t13-,15+/m1/s1. The third-order valence-electron chi connectivity index (χ3n) is 4.14. The van der Waals surface area contributed by atoms with Gasteiger partial charge in [-0.1, -0.05) is 12.1 Å². The number of benzene rings is 1. The van der Waals surface area contributed by atoms with Gasteiger partial charge in [-0.25, -0.2) is 9.18 Å². The highest BCUT2D eigenvalue weighted by Gasteiger charge is 2.37. The predicted octanol–water partition coefficient (Wildman–Crippen LogP) is 3.33. The number of halogens is 1. The summed E-state index contributed by atoms with van der Waals surface area (Å²) < 4.78 is 18.3. The molecule has 1 aromatic rings. The first kappa shape index (κ1) is 18.2. The minimum Gasteiger partial charge on any atom is -0.481 e. The lowest BCUT2D eigenvalue weighted by Gasteiger charge is -2.37. The molecule has 0 aromatic heterocycles. The smallest absolute Gasteiger partial charge is 0.410 e. The first-order valence-electron chi connectivity index (χ1n) is 8.11. The average Bonchev–Trinajstić information content (AvgIpc) is 2.48. The summed E-state index contributed by atoms with van der Waals surface area (Å²) in [5.41, 5.74) is 0.291. The molecule has 132 valence electrons. The van der Waals surface area contributed by atoms with Gasteiger partial charge in [-0.2, -0.15) is 0 Å². The van der Waals surface area contributed by atoms with Crippen molar-refractivity contribution in [2.75, 3.05) is 13.1 Å². The lowest BCUT2D eigenvalue weighted by atomic mass is 9.81. The van der Waals surface area contributed by atoms with E-state index in [1.54, 1.807) is 32.9 Å². The van der Waals surface area contributed by atoms with Crippen molar-refractivity contribution in [1.82, 2.24) is 4.90 Å². The van der Waals surface area contributed by atoms with Crippen LogP contribution in [0, 0.1) is 17.7 Å². The summed E-state index contributed by atoms with van der Waals surface area (Å²) in [5, 5.41) is 9.52. The summed E-state index contributed by atoms with van der Waals surface area (Å²) in [6.45, 7) is 5.93. The van der Waals surface area contributed by atoms with Crippen LogP contribution in [0.2, 0.25) is 0 Å². The van der Waals surface area contributed by atoms with Crippen molar-refractivity contribution in [2.45, 2.75) is 39.2 Å². The maximum atomic E-state index is 13.0. The van der Waals surface area contributed by atoms with Gasteiger partial charge in [-0.05, 0) is 57.2 Å². The Labute approximate surface area is 141 Å². The first-order valence-corrected chi connectivity index (χ1v) is 8.11. The van der Waals surface area contributed by atoms with E-state index in [4.69, 9.17) is 4.74 Å². The molecule has 2 atom stereocenters. The van der Waals surface area contributed by atoms with E-state index >= 15 is 0 Å². The highest BCUT2D eigenvalue weighted by Crippen LogP contribution is 2.28. The average molecular weight is 337 g/mol. The number of carboxylic acid groups (broad SMARTS) is 1. The van der Waals surface area contributed by atoms with E-state index in [1.807, 2.05) is 0 Å². The van der Waals surface area contributed by atoms with Crippen LogP contribution in [0.5, 0.6) is 0 Å². The molecule has 1 fully saturated rings. The van der Waals surface area contributed by atoms with E-state index in [2.05, 4.69) is 0 Å². The fourth-order valence-corrected chi connectivity index (χ4v) is 2.94. The number of piperidine rings is 1. The zero-order valence-corrected chi connectivity index (χ0v) is 14.3. The summed E-state index contributed by atoms with van der Waals surface area (Å²) in [7, 11) is 0. The van der Waals surface area contributed by atoms with Gasteiger partial charge in [0.05, 0.1) is 5.92 Å². The van der Waals surface area contributed by atoms with Crippen molar-refractivity contribution in [1.29, 1.82) is 0 Å². The van der Waals surface area contributed by atoms with Crippen molar-refractivity contribution in [3.63, 3.8) is 0 Å². The Bertz CT molecular complexity index is 594. The number of nitrogens with zero attached hydrogens (tertiary/aromatic N) is 1. The Balaban J connectivity index is 2.04. The monoisotopic (exact) mass is 337 g/mol. The Morgan fingerprint density at radius 2 is 1.92 bits per heavy atom. The SMILES string of the molecule is CC(C)(C)OC(=O)N1CC[C@H](Cc2ccc(F)cc2)[C@@H](C(=O)O)C1. The molecule has 2 rings (SSSR count). The van der Waals surface area contributed by atoms with Gasteiger partial charge in [0.25, 0.3) is 0 Å². The molecule has 1 aliphatic heterocycles. The zero-order valence-electron chi connectivity index (χ0n) is 14.3. The van der Waals surface area contributed by atoms with E-state index in [-0.39, 0.29) is 18.3 Å². The molecule has 0 aliphatic carbocycles. The number of hydrogen-bond acceptors (Lipinski definition) is 3. The van der Waals surface area contributed by atoms with Crippen LogP contribution in [-0.4, -0.2) is 40.8 Å². The number of carboxylic acids is 1. The first-order chi connectivity index (χ1) is 11.2. The highest BCUT2D eigenvalue weighted by atomic mass is 19.1. The van der Waals surface area contributed by atoms with Gasteiger partial charge in [0.2, 0.25) is 0 Å². The van der Waals surface area contributed by atoms with E-state index in [0.717, 1.165) is 5.56 Å². The molecule has 0 bridgehead atoms. The second-order valence-corrected chi connectivity index (χ2v) is 7.25. The van der Waals surface area contributed by atoms with Gasteiger partial charge in [0, 0.05) is 13.1 Å². The Hall–Kier alpha value is -2.11. The molecule has 0 spiro atoms. The third kappa shape index (κ3) is 4.94. The number of carbonyl (C=O) groups excluding carboxylic acids is 1. The molecule has 1 N–H and O–H groups in total.